The Morgan fingerprint density at radius 1 is 1.03 bits per heavy atom. The average Bonchev–Trinajstić information content (AvgIpc) is 3.62. The third-order valence-corrected chi connectivity index (χ3v) is 6.76. The van der Waals surface area contributed by atoms with E-state index in [1.165, 1.54) is 6.07 Å². The van der Waals surface area contributed by atoms with Gasteiger partial charge in [0.1, 0.15) is 11.6 Å². The van der Waals surface area contributed by atoms with Gasteiger partial charge in [0, 0.05) is 46.4 Å². The van der Waals surface area contributed by atoms with Crippen LogP contribution in [0.25, 0.3) is 11.4 Å². The van der Waals surface area contributed by atoms with Crippen LogP contribution >= 0.6 is 11.8 Å². The molecule has 2 aromatic heterocycles. The van der Waals surface area contributed by atoms with Crippen LogP contribution in [0.15, 0.2) is 72.1 Å². The number of thioether (sulfide) groups is 1. The van der Waals surface area contributed by atoms with Crippen molar-refractivity contribution in [1.82, 2.24) is 19.7 Å². The van der Waals surface area contributed by atoms with Crippen LogP contribution in [0.5, 0.6) is 5.75 Å². The molecule has 1 aliphatic heterocycles. The van der Waals surface area contributed by atoms with Gasteiger partial charge >= 0.3 is 0 Å². The highest BCUT2D eigenvalue weighted by Gasteiger charge is 2.31. The third-order valence-electron chi connectivity index (χ3n) is 5.77. The second-order valence-corrected chi connectivity index (χ2v) is 9.10. The molecular formula is C25H21FN4O2S. The van der Waals surface area contributed by atoms with Gasteiger partial charge in [0.15, 0.2) is 11.0 Å². The molecular weight excluding hydrogens is 439 g/mol. The van der Waals surface area contributed by atoms with Gasteiger partial charge in [-0.05, 0) is 37.1 Å². The van der Waals surface area contributed by atoms with Gasteiger partial charge in [-0.2, -0.15) is 0 Å². The van der Waals surface area contributed by atoms with E-state index in [4.69, 9.17) is 9.47 Å². The lowest BCUT2D eigenvalue weighted by atomic mass is 10.1. The molecule has 33 heavy (non-hydrogen) atoms. The Morgan fingerprint density at radius 2 is 1.85 bits per heavy atom. The Morgan fingerprint density at radius 3 is 2.64 bits per heavy atom. The molecule has 1 unspecified atom stereocenters. The average molecular weight is 461 g/mol. The third kappa shape index (κ3) is 4.12. The highest BCUT2D eigenvalue weighted by atomic mass is 32.2. The minimum Gasteiger partial charge on any atom is -0.460 e. The molecule has 1 aliphatic carbocycles. The maximum absolute atomic E-state index is 14.4. The Balaban J connectivity index is 1.28. The molecule has 6 nitrogen and oxygen atoms in total. The van der Waals surface area contributed by atoms with Crippen LogP contribution < -0.4 is 4.74 Å². The van der Waals surface area contributed by atoms with Crippen molar-refractivity contribution in [2.24, 2.45) is 0 Å². The second kappa shape index (κ2) is 8.61. The van der Waals surface area contributed by atoms with Gasteiger partial charge in [-0.3, -0.25) is 9.55 Å². The van der Waals surface area contributed by atoms with Crippen molar-refractivity contribution in [1.29, 1.82) is 0 Å². The van der Waals surface area contributed by atoms with E-state index in [-0.39, 0.29) is 5.82 Å². The lowest BCUT2D eigenvalue weighted by Gasteiger charge is -2.28. The minimum absolute atomic E-state index is 0.296. The number of nitrogens with zero attached hydrogens (tertiary/aromatic N) is 4. The molecule has 2 aliphatic rings. The first kappa shape index (κ1) is 20.4. The molecule has 0 radical (unpaired) electrons. The molecule has 1 atom stereocenters. The molecule has 2 aromatic carbocycles. The molecule has 0 spiro atoms. The summed E-state index contributed by atoms with van der Waals surface area (Å²) in [6.45, 7) is 0.300. The molecule has 6 rings (SSSR count). The molecule has 0 saturated heterocycles. The molecule has 0 amide bonds. The van der Waals surface area contributed by atoms with Crippen molar-refractivity contribution >= 4 is 11.8 Å². The molecule has 0 bridgehead atoms. The normalized spacial score (nSPS) is 17.4. The van der Waals surface area contributed by atoms with E-state index in [0.717, 1.165) is 46.1 Å². The van der Waals surface area contributed by atoms with E-state index in [9.17, 15) is 4.39 Å². The fourth-order valence-electron chi connectivity index (χ4n) is 4.04. The van der Waals surface area contributed by atoms with Crippen LogP contribution in [0.1, 0.15) is 41.9 Å². The highest BCUT2D eigenvalue weighted by Crippen LogP contribution is 2.43. The summed E-state index contributed by atoms with van der Waals surface area (Å²) in [5.74, 6) is 1.76. The summed E-state index contributed by atoms with van der Waals surface area (Å²) in [5, 5.41) is 9.75. The number of fused-ring (bicyclic) bond motifs is 1. The van der Waals surface area contributed by atoms with Crippen molar-refractivity contribution in [3.63, 3.8) is 0 Å². The first-order valence-electron chi connectivity index (χ1n) is 10.9. The molecule has 4 aromatic rings. The van der Waals surface area contributed by atoms with Crippen LogP contribution in [0.4, 0.5) is 4.39 Å². The lowest BCUT2D eigenvalue weighted by molar-refractivity contribution is -0.112. The van der Waals surface area contributed by atoms with Gasteiger partial charge in [0.25, 0.3) is 0 Å². The number of aromatic nitrogens is 4. The van der Waals surface area contributed by atoms with Crippen molar-refractivity contribution in [2.75, 3.05) is 0 Å². The molecule has 8 heteroatoms. The monoisotopic (exact) mass is 460 g/mol. The number of halogens is 1. The summed E-state index contributed by atoms with van der Waals surface area (Å²) in [4.78, 5) is 4.10. The zero-order valence-corrected chi connectivity index (χ0v) is 18.5. The molecule has 166 valence electrons. The van der Waals surface area contributed by atoms with Crippen LogP contribution in [-0.4, -0.2) is 19.7 Å². The summed E-state index contributed by atoms with van der Waals surface area (Å²) in [7, 11) is 0. The molecule has 1 saturated carbocycles. The maximum Gasteiger partial charge on any atom is 0.227 e. The smallest absolute Gasteiger partial charge is 0.227 e. The van der Waals surface area contributed by atoms with E-state index >= 15 is 0 Å². The van der Waals surface area contributed by atoms with Crippen molar-refractivity contribution in [3.8, 4) is 17.1 Å². The predicted molar refractivity (Wildman–Crippen MR) is 122 cm³/mol. The summed E-state index contributed by atoms with van der Waals surface area (Å²) in [6.07, 6.45) is 5.23. The van der Waals surface area contributed by atoms with Crippen LogP contribution in [0.2, 0.25) is 0 Å². The SMILES string of the molecule is Fc1cc2c(c(CSc3nnc(-c4ccncc4)n3C3CC3)c1)OC(c1ccccc1)OC2. The zero-order valence-electron chi connectivity index (χ0n) is 17.7. The second-order valence-electron chi connectivity index (χ2n) is 8.16. The first-order valence-corrected chi connectivity index (χ1v) is 11.9. The Bertz CT molecular complexity index is 1280. The van der Waals surface area contributed by atoms with Crippen molar-refractivity contribution < 1.29 is 13.9 Å². The Hall–Kier alpha value is -3.23. The number of rotatable bonds is 6. The quantitative estimate of drug-likeness (QED) is 0.343. The fourth-order valence-corrected chi connectivity index (χ4v) is 5.01. The topological polar surface area (TPSA) is 62.1 Å². The van der Waals surface area contributed by atoms with E-state index in [0.29, 0.717) is 24.2 Å². The van der Waals surface area contributed by atoms with Gasteiger partial charge in [-0.1, -0.05) is 42.1 Å². The van der Waals surface area contributed by atoms with Crippen molar-refractivity contribution in [3.05, 3.63) is 89.5 Å². The summed E-state index contributed by atoms with van der Waals surface area (Å²) in [6, 6.07) is 17.1. The predicted octanol–water partition coefficient (Wildman–Crippen LogP) is 5.71. The standard InChI is InChI=1S/C25H21FN4O2S/c26-20-12-18-14-31-24(17-4-2-1-3-5-17)32-22(18)19(13-20)15-33-25-29-28-23(30(25)21-6-7-21)16-8-10-27-11-9-16/h1-5,8-13,21,24H,6-7,14-15H2. The lowest BCUT2D eigenvalue weighted by Crippen LogP contribution is -2.19. The Labute approximate surface area is 194 Å². The minimum atomic E-state index is -0.513. The summed E-state index contributed by atoms with van der Waals surface area (Å²) >= 11 is 1.55. The maximum atomic E-state index is 14.4. The molecule has 3 heterocycles. The van der Waals surface area contributed by atoms with Gasteiger partial charge in [-0.15, -0.1) is 10.2 Å². The van der Waals surface area contributed by atoms with Crippen LogP contribution in [-0.2, 0) is 17.1 Å². The number of benzene rings is 2. The van der Waals surface area contributed by atoms with Gasteiger partial charge in [0.2, 0.25) is 6.29 Å². The van der Waals surface area contributed by atoms with Crippen LogP contribution in [0, 0.1) is 5.82 Å². The fraction of sp³-hybridized carbons (Fsp3) is 0.240. The highest BCUT2D eigenvalue weighted by molar-refractivity contribution is 7.98. The number of hydrogen-bond acceptors (Lipinski definition) is 6. The van der Waals surface area contributed by atoms with E-state index in [2.05, 4.69) is 19.7 Å². The largest absolute Gasteiger partial charge is 0.460 e. The number of hydrogen-bond donors (Lipinski definition) is 0. The van der Waals surface area contributed by atoms with Gasteiger partial charge in [-0.25, -0.2) is 4.39 Å². The van der Waals surface area contributed by atoms with Gasteiger partial charge in [0.05, 0.1) is 6.61 Å². The Kier molecular flexibility index (Phi) is 5.32. The molecule has 1 fully saturated rings. The van der Waals surface area contributed by atoms with E-state index in [1.54, 1.807) is 30.2 Å². The van der Waals surface area contributed by atoms with E-state index < -0.39 is 6.29 Å². The van der Waals surface area contributed by atoms with E-state index in [1.807, 2.05) is 42.5 Å². The first-order chi connectivity index (χ1) is 16.3. The summed E-state index contributed by atoms with van der Waals surface area (Å²) in [5.41, 5.74) is 3.43. The summed E-state index contributed by atoms with van der Waals surface area (Å²) < 4.78 is 28.6. The van der Waals surface area contributed by atoms with Crippen LogP contribution in [0.3, 0.4) is 0 Å². The zero-order chi connectivity index (χ0) is 22.2. The van der Waals surface area contributed by atoms with Crippen molar-refractivity contribution in [2.45, 2.75) is 42.7 Å². The molecule has 0 N–H and O–H groups in total. The number of ether oxygens (including phenoxy) is 2. The van der Waals surface area contributed by atoms with Gasteiger partial charge < -0.3 is 9.47 Å². The number of pyridine rings is 1.